The molecule has 0 saturated carbocycles. The summed E-state index contributed by atoms with van der Waals surface area (Å²) in [5.74, 6) is -4.91. The number of nitrogens with one attached hydrogen (secondary N) is 2. The summed E-state index contributed by atoms with van der Waals surface area (Å²) in [5, 5.41) is 14.6. The highest BCUT2D eigenvalue weighted by molar-refractivity contribution is 7.80. The van der Waals surface area contributed by atoms with Crippen molar-refractivity contribution in [2.75, 3.05) is 43.2 Å². The molecule has 14 nitrogen and oxygen atoms in total. The molecule has 22 heteroatoms. The number of carbonyl (C=O) groups excluding carboxylic acids is 4. The van der Waals surface area contributed by atoms with Crippen LogP contribution in [0.15, 0.2) is 72.4 Å². The SMILES string of the molecule is Cc1ncsc1-c1ccc([C@H](C)NC(=O)C2CCCN2C(=O)C(NC(=O)COCCCCOc2ccc(-c3ncc(N(C(=S)N(C)c4ccc(C#N)c(C(F)(F)F)c4F)C(C)(C)C=O)cc3F)cc2F)C(C)(C)C)cc1. The van der Waals surface area contributed by atoms with Gasteiger partial charge in [0.15, 0.2) is 28.3 Å². The fourth-order valence-corrected chi connectivity index (χ4v) is 9.84. The van der Waals surface area contributed by atoms with Gasteiger partial charge in [-0.05, 0) is 112 Å². The molecule has 2 N–H and O–H groups in total. The number of alkyl halides is 3. The fraction of sp³-hybridized carbons (Fsp3) is 0.407. The highest BCUT2D eigenvalue weighted by Crippen LogP contribution is 2.39. The Labute approximate surface area is 446 Å². The number of nitrogens with zero attached hydrogens (tertiary/aromatic N) is 6. The van der Waals surface area contributed by atoms with Crippen LogP contribution in [-0.2, 0) is 30.1 Å². The molecule has 0 radical (unpaired) electrons. The highest BCUT2D eigenvalue weighted by Gasteiger charge is 2.43. The predicted octanol–water partition coefficient (Wildman–Crippen LogP) is 10.3. The Morgan fingerprint density at radius 1 is 0.961 bits per heavy atom. The van der Waals surface area contributed by atoms with E-state index < -0.39 is 74.5 Å². The van der Waals surface area contributed by atoms with Crippen LogP contribution in [0.4, 0.5) is 37.7 Å². The van der Waals surface area contributed by atoms with Gasteiger partial charge in [-0.25, -0.2) is 18.2 Å². The monoisotopic (exact) mass is 1090 g/mol. The fourth-order valence-electron chi connectivity index (χ4n) is 8.59. The summed E-state index contributed by atoms with van der Waals surface area (Å²) >= 11 is 7.08. The number of benzene rings is 3. The van der Waals surface area contributed by atoms with Crippen LogP contribution in [0, 0.1) is 41.1 Å². The smallest absolute Gasteiger partial charge is 0.420 e. The van der Waals surface area contributed by atoms with E-state index in [-0.39, 0.29) is 60.4 Å². The number of thiocarbonyl (C=S) groups is 1. The van der Waals surface area contributed by atoms with Crippen molar-refractivity contribution < 1.29 is 55.0 Å². The molecule has 1 saturated heterocycles. The molecule has 1 fully saturated rings. The summed E-state index contributed by atoms with van der Waals surface area (Å²) in [4.78, 5) is 66.0. The van der Waals surface area contributed by atoms with Crippen LogP contribution in [0.3, 0.4) is 0 Å². The quantitative estimate of drug-likeness (QED) is 0.0348. The lowest BCUT2D eigenvalue weighted by molar-refractivity contribution is -0.144. The Morgan fingerprint density at radius 2 is 1.64 bits per heavy atom. The number of pyridine rings is 1. The third kappa shape index (κ3) is 13.5. The second-order valence-corrected chi connectivity index (χ2v) is 21.1. The second kappa shape index (κ2) is 24.4. The zero-order chi connectivity index (χ0) is 55.9. The first kappa shape index (κ1) is 58.3. The standard InChI is InChI=1S/C54H58F6N8O6S2/c1-31(33-13-15-34(16-14-33)47-32(2)63-30-76-47)64-49(71)41-12-11-21-67(41)50(72)48(52(3,4)5)65-43(70)28-73-22-9-10-23-74-42-20-18-35(24-38(42)55)46-39(56)25-37(27-62-46)68(53(6,7)29-69)51(75)66(8)40-19-17-36(26-61)44(45(40)57)54(58,59)60/h13-20,24-25,27,29-31,41,48H,9-12,21-23,28H2,1-8H3,(H,64,71)(H,65,70)/t31-,41?,48?/m0/s1. The number of hydrogen-bond acceptors (Lipinski definition) is 11. The maximum Gasteiger partial charge on any atom is 0.420 e. The Kier molecular flexibility index (Phi) is 18.7. The van der Waals surface area contributed by atoms with Gasteiger partial charge in [0.25, 0.3) is 0 Å². The van der Waals surface area contributed by atoms with E-state index in [9.17, 15) is 37.6 Å². The molecular formula is C54H58F6N8O6S2. The molecule has 6 rings (SSSR count). The van der Waals surface area contributed by atoms with Gasteiger partial charge in [0.05, 0.1) is 63.5 Å². The van der Waals surface area contributed by atoms with Gasteiger partial charge in [-0.2, -0.15) is 18.4 Å². The Balaban J connectivity index is 0.981. The second-order valence-electron chi connectivity index (χ2n) is 19.8. The Bertz CT molecular complexity index is 3000. The topological polar surface area (TPSA) is 170 Å². The molecule has 0 bridgehead atoms. The number of unbranched alkanes of at least 4 members (excludes halogenated alkanes) is 1. The maximum absolute atomic E-state index is 15.8. The van der Waals surface area contributed by atoms with E-state index in [1.165, 1.54) is 32.0 Å². The number of nitriles is 1. The van der Waals surface area contributed by atoms with Crippen molar-refractivity contribution in [2.45, 2.75) is 104 Å². The van der Waals surface area contributed by atoms with E-state index in [4.69, 9.17) is 21.7 Å². The number of ether oxygens (including phenoxy) is 2. The van der Waals surface area contributed by atoms with Crippen molar-refractivity contribution in [3.05, 3.63) is 112 Å². The summed E-state index contributed by atoms with van der Waals surface area (Å²) in [6.45, 7) is 12.3. The summed E-state index contributed by atoms with van der Waals surface area (Å²) in [6, 6.07) is 13.6. The van der Waals surface area contributed by atoms with Crippen molar-refractivity contribution in [3.63, 3.8) is 0 Å². The van der Waals surface area contributed by atoms with Crippen molar-refractivity contribution >= 4 is 64.0 Å². The molecule has 2 unspecified atom stereocenters. The average Bonchev–Trinajstić information content (AvgIpc) is 4.05. The van der Waals surface area contributed by atoms with E-state index >= 15 is 13.2 Å². The Hall–Kier alpha value is -6.96. The van der Waals surface area contributed by atoms with Crippen molar-refractivity contribution in [2.24, 2.45) is 5.41 Å². The van der Waals surface area contributed by atoms with Crippen molar-refractivity contribution in [3.8, 4) is 33.5 Å². The van der Waals surface area contributed by atoms with Gasteiger partial charge < -0.3 is 39.6 Å². The minimum atomic E-state index is -5.23. The molecule has 0 aliphatic carbocycles. The van der Waals surface area contributed by atoms with Crippen LogP contribution in [0.5, 0.6) is 5.75 Å². The number of anilines is 2. The Morgan fingerprint density at radius 3 is 2.25 bits per heavy atom. The van der Waals surface area contributed by atoms with Crippen LogP contribution < -0.4 is 25.2 Å². The van der Waals surface area contributed by atoms with Gasteiger partial charge >= 0.3 is 6.18 Å². The van der Waals surface area contributed by atoms with E-state index in [1.807, 2.05) is 58.9 Å². The molecule has 3 amide bonds. The molecule has 3 atom stereocenters. The molecule has 5 aromatic rings. The first-order valence-electron chi connectivity index (χ1n) is 24.2. The van der Waals surface area contributed by atoms with Crippen molar-refractivity contribution in [1.82, 2.24) is 25.5 Å². The molecule has 0 spiro atoms. The normalized spacial score (nSPS) is 14.6. The minimum absolute atomic E-state index is 0.00723. The maximum atomic E-state index is 15.8. The van der Waals surface area contributed by atoms with Crippen molar-refractivity contribution in [1.29, 1.82) is 5.26 Å². The van der Waals surface area contributed by atoms with Crippen LogP contribution in [0.25, 0.3) is 21.7 Å². The number of rotatable bonds is 19. The van der Waals surface area contributed by atoms with Gasteiger partial charge in [0.2, 0.25) is 17.7 Å². The molecule has 3 heterocycles. The van der Waals surface area contributed by atoms with E-state index in [2.05, 4.69) is 20.6 Å². The third-order valence-corrected chi connectivity index (χ3v) is 14.2. The summed E-state index contributed by atoms with van der Waals surface area (Å²) in [5.41, 5.74) is -1.46. The molecular weight excluding hydrogens is 1030 g/mol. The van der Waals surface area contributed by atoms with E-state index in [0.29, 0.717) is 38.5 Å². The number of thiazole rings is 1. The van der Waals surface area contributed by atoms with E-state index in [0.717, 1.165) is 69.0 Å². The highest BCUT2D eigenvalue weighted by atomic mass is 32.1. The summed E-state index contributed by atoms with van der Waals surface area (Å²) in [6.07, 6.45) is -1.76. The molecule has 1 aliphatic rings. The van der Waals surface area contributed by atoms with Gasteiger partial charge in [-0.3, -0.25) is 19.4 Å². The zero-order valence-electron chi connectivity index (χ0n) is 43.1. The number of halogens is 6. The largest absolute Gasteiger partial charge is 0.491 e. The zero-order valence-corrected chi connectivity index (χ0v) is 44.7. The first-order chi connectivity index (χ1) is 35.8. The van der Waals surface area contributed by atoms with Gasteiger partial charge in [0, 0.05) is 31.8 Å². The molecule has 404 valence electrons. The number of likely N-dealkylation sites (tertiary alicyclic amines) is 1. The number of carbonyl (C=O) groups is 4. The average molecular weight is 1090 g/mol. The van der Waals surface area contributed by atoms with Gasteiger partial charge in [0.1, 0.15) is 36.2 Å². The molecule has 3 aromatic carbocycles. The van der Waals surface area contributed by atoms with Crippen LogP contribution in [-0.4, -0.2) is 95.0 Å². The third-order valence-electron chi connectivity index (χ3n) is 12.7. The number of amides is 3. The molecule has 2 aromatic heterocycles. The van der Waals surface area contributed by atoms with E-state index in [1.54, 1.807) is 21.7 Å². The lowest BCUT2D eigenvalue weighted by Gasteiger charge is -2.39. The summed E-state index contributed by atoms with van der Waals surface area (Å²) < 4.78 is 99.1. The first-order valence-corrected chi connectivity index (χ1v) is 25.5. The van der Waals surface area contributed by atoms with Crippen LogP contribution >= 0.6 is 23.6 Å². The van der Waals surface area contributed by atoms with Crippen LogP contribution in [0.2, 0.25) is 0 Å². The number of aldehydes is 1. The molecule has 76 heavy (non-hydrogen) atoms. The predicted molar refractivity (Wildman–Crippen MR) is 280 cm³/mol. The number of hydrogen-bond donors (Lipinski definition) is 2. The lowest BCUT2D eigenvalue weighted by atomic mass is 9.85. The minimum Gasteiger partial charge on any atom is -0.491 e. The van der Waals surface area contributed by atoms with Gasteiger partial charge in [-0.1, -0.05) is 45.0 Å². The lowest BCUT2D eigenvalue weighted by Crippen LogP contribution is -2.58. The summed E-state index contributed by atoms with van der Waals surface area (Å²) in [7, 11) is 1.14. The van der Waals surface area contributed by atoms with Gasteiger partial charge in [-0.15, -0.1) is 11.3 Å². The van der Waals surface area contributed by atoms with Crippen LogP contribution in [0.1, 0.15) is 95.7 Å². The molecule has 1 aliphatic heterocycles. The number of aryl methyl sites for hydroxylation is 1. The number of aromatic nitrogens is 2.